The summed E-state index contributed by atoms with van der Waals surface area (Å²) in [7, 11) is 0. The number of piperidine rings is 1. The van der Waals surface area contributed by atoms with Gasteiger partial charge in [-0.1, -0.05) is 20.8 Å². The van der Waals surface area contributed by atoms with Crippen molar-refractivity contribution in [2.45, 2.75) is 52.5 Å². The Morgan fingerprint density at radius 3 is 2.55 bits per heavy atom. The first kappa shape index (κ1) is 17.0. The van der Waals surface area contributed by atoms with Crippen LogP contribution in [0.5, 0.6) is 0 Å². The van der Waals surface area contributed by atoms with E-state index in [0.717, 1.165) is 19.4 Å². The van der Waals surface area contributed by atoms with Gasteiger partial charge >= 0.3 is 5.97 Å². The number of nitrogens with zero attached hydrogens (tertiary/aromatic N) is 1. The first-order valence-electron chi connectivity index (χ1n) is 7.57. The Bertz CT molecular complexity index is 344. The molecule has 1 heterocycles. The van der Waals surface area contributed by atoms with Gasteiger partial charge in [0, 0.05) is 19.5 Å². The van der Waals surface area contributed by atoms with Crippen LogP contribution in [-0.2, 0) is 9.59 Å². The van der Waals surface area contributed by atoms with Crippen molar-refractivity contribution < 1.29 is 14.7 Å². The van der Waals surface area contributed by atoms with Gasteiger partial charge in [0.15, 0.2) is 0 Å². The third-order valence-electron chi connectivity index (χ3n) is 4.11. The van der Waals surface area contributed by atoms with E-state index in [1.807, 2.05) is 11.8 Å². The predicted molar refractivity (Wildman–Crippen MR) is 78.2 cm³/mol. The number of rotatable bonds is 6. The molecule has 20 heavy (non-hydrogen) atoms. The highest BCUT2D eigenvalue weighted by atomic mass is 16.4. The SMILES string of the molecule is CC(C)CC(N)C(=O)N1CCCC(C(C)CC(=O)O)C1. The summed E-state index contributed by atoms with van der Waals surface area (Å²) in [5.41, 5.74) is 5.97. The molecule has 116 valence electrons. The topological polar surface area (TPSA) is 83.6 Å². The lowest BCUT2D eigenvalue weighted by Crippen LogP contribution is -2.49. The van der Waals surface area contributed by atoms with Crippen LogP contribution in [0.25, 0.3) is 0 Å². The minimum atomic E-state index is -0.766. The first-order valence-corrected chi connectivity index (χ1v) is 7.57. The number of carbonyl (C=O) groups excluding carboxylic acids is 1. The highest BCUT2D eigenvalue weighted by Crippen LogP contribution is 2.26. The van der Waals surface area contributed by atoms with Crippen LogP contribution in [-0.4, -0.2) is 41.0 Å². The van der Waals surface area contributed by atoms with E-state index in [4.69, 9.17) is 10.8 Å². The zero-order chi connectivity index (χ0) is 15.3. The molecule has 1 saturated heterocycles. The Hall–Kier alpha value is -1.10. The lowest BCUT2D eigenvalue weighted by Gasteiger charge is -2.36. The van der Waals surface area contributed by atoms with E-state index in [9.17, 15) is 9.59 Å². The third-order valence-corrected chi connectivity index (χ3v) is 4.11. The minimum absolute atomic E-state index is 0.0194. The molecule has 0 bridgehead atoms. The van der Waals surface area contributed by atoms with Crippen LogP contribution < -0.4 is 5.73 Å². The van der Waals surface area contributed by atoms with Gasteiger partial charge in [-0.2, -0.15) is 0 Å². The van der Waals surface area contributed by atoms with Gasteiger partial charge < -0.3 is 15.7 Å². The van der Waals surface area contributed by atoms with Crippen molar-refractivity contribution >= 4 is 11.9 Å². The number of nitrogens with two attached hydrogens (primary N) is 1. The summed E-state index contributed by atoms with van der Waals surface area (Å²) < 4.78 is 0. The van der Waals surface area contributed by atoms with E-state index in [1.165, 1.54) is 0 Å². The summed E-state index contributed by atoms with van der Waals surface area (Å²) in [5.74, 6) is 0.0309. The second kappa shape index (κ2) is 7.62. The summed E-state index contributed by atoms with van der Waals surface area (Å²) in [5, 5.41) is 8.88. The monoisotopic (exact) mass is 284 g/mol. The number of amides is 1. The Kier molecular flexibility index (Phi) is 6.46. The molecule has 0 aromatic rings. The maximum absolute atomic E-state index is 12.3. The van der Waals surface area contributed by atoms with E-state index >= 15 is 0 Å². The molecule has 1 amide bonds. The maximum Gasteiger partial charge on any atom is 0.303 e. The Morgan fingerprint density at radius 2 is 2.00 bits per heavy atom. The largest absolute Gasteiger partial charge is 0.481 e. The van der Waals surface area contributed by atoms with Gasteiger partial charge in [-0.3, -0.25) is 9.59 Å². The Morgan fingerprint density at radius 1 is 1.35 bits per heavy atom. The summed E-state index contributed by atoms with van der Waals surface area (Å²) >= 11 is 0. The molecule has 0 aromatic carbocycles. The molecular formula is C15H28N2O3. The molecule has 5 nitrogen and oxygen atoms in total. The number of likely N-dealkylation sites (tertiary alicyclic amines) is 1. The minimum Gasteiger partial charge on any atom is -0.481 e. The summed E-state index contributed by atoms with van der Waals surface area (Å²) in [4.78, 5) is 24.9. The number of hydrogen-bond acceptors (Lipinski definition) is 3. The fraction of sp³-hybridized carbons (Fsp3) is 0.867. The number of carbonyl (C=O) groups is 2. The van der Waals surface area contributed by atoms with Crippen LogP contribution >= 0.6 is 0 Å². The standard InChI is InChI=1S/C15H28N2O3/c1-10(2)7-13(16)15(20)17-6-4-5-12(9-17)11(3)8-14(18)19/h10-13H,4-9,16H2,1-3H3,(H,18,19). The zero-order valence-corrected chi connectivity index (χ0v) is 12.8. The molecule has 3 unspecified atom stereocenters. The van der Waals surface area contributed by atoms with Gasteiger partial charge in [0.05, 0.1) is 6.04 Å². The van der Waals surface area contributed by atoms with Crippen molar-refractivity contribution in [3.8, 4) is 0 Å². The molecule has 3 N–H and O–H groups in total. The van der Waals surface area contributed by atoms with Gasteiger partial charge in [-0.05, 0) is 37.0 Å². The lowest BCUT2D eigenvalue weighted by atomic mass is 9.84. The van der Waals surface area contributed by atoms with Gasteiger partial charge in [0.1, 0.15) is 0 Å². The van der Waals surface area contributed by atoms with Gasteiger partial charge in [-0.15, -0.1) is 0 Å². The normalized spacial score (nSPS) is 22.6. The molecule has 1 aliphatic heterocycles. The van der Waals surface area contributed by atoms with Gasteiger partial charge in [0.25, 0.3) is 0 Å². The lowest BCUT2D eigenvalue weighted by molar-refractivity contribution is -0.138. The van der Waals surface area contributed by atoms with Crippen molar-refractivity contribution in [3.05, 3.63) is 0 Å². The summed E-state index contributed by atoms with van der Waals surface area (Å²) in [6, 6.07) is -0.427. The van der Waals surface area contributed by atoms with Crippen molar-refractivity contribution in [3.63, 3.8) is 0 Å². The molecule has 1 rings (SSSR count). The number of carboxylic acid groups (broad SMARTS) is 1. The van der Waals surface area contributed by atoms with Crippen molar-refractivity contribution in [1.82, 2.24) is 4.90 Å². The molecule has 0 aliphatic carbocycles. The average Bonchev–Trinajstić information content (AvgIpc) is 2.36. The number of carboxylic acids is 1. The van der Waals surface area contributed by atoms with Crippen molar-refractivity contribution in [2.24, 2.45) is 23.5 Å². The van der Waals surface area contributed by atoms with Crippen LogP contribution in [0.3, 0.4) is 0 Å². The Balaban J connectivity index is 2.55. The predicted octanol–water partition coefficient (Wildman–Crippen LogP) is 1.71. The molecule has 0 aromatic heterocycles. The van der Waals surface area contributed by atoms with Crippen molar-refractivity contribution in [2.75, 3.05) is 13.1 Å². The fourth-order valence-corrected chi connectivity index (χ4v) is 2.96. The number of hydrogen-bond donors (Lipinski definition) is 2. The molecular weight excluding hydrogens is 256 g/mol. The van der Waals surface area contributed by atoms with Crippen LogP contribution in [0.2, 0.25) is 0 Å². The van der Waals surface area contributed by atoms with Crippen LogP contribution in [0, 0.1) is 17.8 Å². The van der Waals surface area contributed by atoms with E-state index in [2.05, 4.69) is 13.8 Å². The third kappa shape index (κ3) is 5.12. The van der Waals surface area contributed by atoms with E-state index < -0.39 is 12.0 Å². The van der Waals surface area contributed by atoms with Crippen LogP contribution in [0.15, 0.2) is 0 Å². The first-order chi connectivity index (χ1) is 9.31. The van der Waals surface area contributed by atoms with Gasteiger partial charge in [0.2, 0.25) is 5.91 Å². The molecule has 1 aliphatic rings. The Labute approximate surface area is 121 Å². The molecule has 0 radical (unpaired) electrons. The summed E-state index contributed by atoms with van der Waals surface area (Å²) in [6.45, 7) is 7.48. The smallest absolute Gasteiger partial charge is 0.303 e. The fourth-order valence-electron chi connectivity index (χ4n) is 2.96. The molecule has 0 saturated carbocycles. The van der Waals surface area contributed by atoms with E-state index in [-0.39, 0.29) is 24.2 Å². The molecule has 0 spiro atoms. The highest BCUT2D eigenvalue weighted by molar-refractivity contribution is 5.81. The zero-order valence-electron chi connectivity index (χ0n) is 12.8. The second-order valence-corrected chi connectivity index (χ2v) is 6.50. The summed E-state index contributed by atoms with van der Waals surface area (Å²) in [6.07, 6.45) is 2.81. The number of aliphatic carboxylic acids is 1. The highest BCUT2D eigenvalue weighted by Gasteiger charge is 2.30. The van der Waals surface area contributed by atoms with Crippen LogP contribution in [0.1, 0.15) is 46.5 Å². The molecule has 3 atom stereocenters. The van der Waals surface area contributed by atoms with Crippen molar-refractivity contribution in [1.29, 1.82) is 0 Å². The maximum atomic E-state index is 12.3. The van der Waals surface area contributed by atoms with Crippen LogP contribution in [0.4, 0.5) is 0 Å². The van der Waals surface area contributed by atoms with E-state index in [1.54, 1.807) is 0 Å². The van der Waals surface area contributed by atoms with E-state index in [0.29, 0.717) is 18.9 Å². The average molecular weight is 284 g/mol. The molecule has 1 fully saturated rings. The quantitative estimate of drug-likeness (QED) is 0.777. The molecule has 5 heteroatoms. The second-order valence-electron chi connectivity index (χ2n) is 6.50. The van der Waals surface area contributed by atoms with Gasteiger partial charge in [-0.25, -0.2) is 0 Å².